The third kappa shape index (κ3) is 2.19. The Morgan fingerprint density at radius 1 is 0.947 bits per heavy atom. The van der Waals surface area contributed by atoms with Crippen LogP contribution < -0.4 is 0 Å². The maximum absolute atomic E-state index is 12.3. The van der Waals surface area contributed by atoms with Crippen LogP contribution in [-0.4, -0.2) is 58.4 Å². The molecule has 3 aliphatic rings. The molecule has 0 aromatic rings. The first kappa shape index (κ1) is 12.4. The summed E-state index contributed by atoms with van der Waals surface area (Å²) in [6.45, 7) is 1.24. The minimum absolute atomic E-state index is 0.0657. The molecule has 3 fully saturated rings. The van der Waals surface area contributed by atoms with Crippen molar-refractivity contribution in [3.05, 3.63) is 0 Å². The maximum Gasteiger partial charge on any atom is 0.310 e. The molecule has 2 aliphatic heterocycles. The van der Waals surface area contributed by atoms with Crippen LogP contribution in [-0.2, 0) is 14.4 Å². The molecule has 1 N–H and O–H groups in total. The molecule has 104 valence electrons. The lowest BCUT2D eigenvalue weighted by Crippen LogP contribution is -2.58. The van der Waals surface area contributed by atoms with E-state index in [2.05, 4.69) is 0 Å². The van der Waals surface area contributed by atoms with Gasteiger partial charge in [-0.1, -0.05) is 0 Å². The Hall–Kier alpha value is -1.59. The van der Waals surface area contributed by atoms with Gasteiger partial charge in [-0.25, -0.2) is 0 Å². The van der Waals surface area contributed by atoms with Crippen molar-refractivity contribution in [1.29, 1.82) is 0 Å². The van der Waals surface area contributed by atoms with Gasteiger partial charge in [0, 0.05) is 25.6 Å². The molecule has 1 atom stereocenters. The van der Waals surface area contributed by atoms with E-state index in [4.69, 9.17) is 5.11 Å². The second kappa shape index (κ2) is 4.51. The van der Waals surface area contributed by atoms with Crippen LogP contribution in [0.2, 0.25) is 0 Å². The Kier molecular flexibility index (Phi) is 2.95. The van der Waals surface area contributed by atoms with E-state index < -0.39 is 11.9 Å². The number of hydrogen-bond donors (Lipinski definition) is 1. The minimum Gasteiger partial charge on any atom is -0.481 e. The molecule has 2 heterocycles. The Morgan fingerprint density at radius 3 is 2.21 bits per heavy atom. The van der Waals surface area contributed by atoms with Crippen LogP contribution in [0.4, 0.5) is 0 Å². The number of rotatable bonds is 3. The fraction of sp³-hybridized carbons (Fsp3) is 0.769. The van der Waals surface area contributed by atoms with Crippen molar-refractivity contribution in [2.75, 3.05) is 19.6 Å². The van der Waals surface area contributed by atoms with E-state index in [0.29, 0.717) is 13.0 Å². The summed E-state index contributed by atoms with van der Waals surface area (Å²) < 4.78 is 0. The summed E-state index contributed by atoms with van der Waals surface area (Å²) in [5.41, 5.74) is 0. The number of aliphatic carboxylic acids is 1. The van der Waals surface area contributed by atoms with Gasteiger partial charge in [-0.15, -0.1) is 0 Å². The highest BCUT2D eigenvalue weighted by Crippen LogP contribution is 2.34. The van der Waals surface area contributed by atoms with E-state index >= 15 is 0 Å². The summed E-state index contributed by atoms with van der Waals surface area (Å²) in [5.74, 6) is -1.09. The van der Waals surface area contributed by atoms with E-state index in [1.165, 1.54) is 0 Å². The summed E-state index contributed by atoms with van der Waals surface area (Å²) in [5, 5.41) is 8.82. The normalized spacial score (nSPS) is 27.3. The highest BCUT2D eigenvalue weighted by molar-refractivity contribution is 5.91. The molecular formula is C13H18N2O4. The number of nitrogens with zero attached hydrogens (tertiary/aromatic N) is 2. The lowest BCUT2D eigenvalue weighted by molar-refractivity contribution is -0.157. The first-order valence-electron chi connectivity index (χ1n) is 6.90. The van der Waals surface area contributed by atoms with Crippen LogP contribution in [0.1, 0.15) is 25.7 Å². The number of hydrogen-bond acceptors (Lipinski definition) is 3. The molecule has 0 bridgehead atoms. The van der Waals surface area contributed by atoms with Crippen LogP contribution in [0.3, 0.4) is 0 Å². The van der Waals surface area contributed by atoms with Crippen molar-refractivity contribution in [1.82, 2.24) is 9.80 Å². The standard InChI is InChI=1S/C13H18N2O4/c16-11(8-3-4-8)15-5-1-2-10(15)12(17)14-6-9(7-14)13(18)19/h8-10H,1-7H2,(H,18,19). The van der Waals surface area contributed by atoms with Gasteiger partial charge >= 0.3 is 5.97 Å². The Bertz CT molecular complexity index is 426. The number of carbonyl (C=O) groups excluding carboxylic acids is 2. The van der Waals surface area contributed by atoms with E-state index in [9.17, 15) is 14.4 Å². The third-order valence-corrected chi connectivity index (χ3v) is 4.29. The first-order valence-corrected chi connectivity index (χ1v) is 6.90. The van der Waals surface area contributed by atoms with Crippen LogP contribution >= 0.6 is 0 Å². The van der Waals surface area contributed by atoms with Gasteiger partial charge in [-0.3, -0.25) is 14.4 Å². The minimum atomic E-state index is -0.846. The summed E-state index contributed by atoms with van der Waals surface area (Å²) in [6, 6.07) is -0.345. The van der Waals surface area contributed by atoms with Gasteiger partial charge in [0.1, 0.15) is 6.04 Å². The summed E-state index contributed by atoms with van der Waals surface area (Å²) in [7, 11) is 0. The zero-order valence-corrected chi connectivity index (χ0v) is 10.7. The number of carbonyl (C=O) groups is 3. The molecule has 6 nitrogen and oxygen atoms in total. The van der Waals surface area contributed by atoms with E-state index in [0.717, 1.165) is 19.3 Å². The fourth-order valence-electron chi connectivity index (χ4n) is 2.88. The highest BCUT2D eigenvalue weighted by atomic mass is 16.4. The SMILES string of the molecule is O=C(O)C1CN(C(=O)C2CCCN2C(=O)C2CC2)C1. The van der Waals surface area contributed by atoms with Gasteiger partial charge in [-0.05, 0) is 25.7 Å². The number of carboxylic acids is 1. The predicted molar refractivity (Wildman–Crippen MR) is 65.2 cm³/mol. The molecule has 2 amide bonds. The summed E-state index contributed by atoms with van der Waals surface area (Å²) in [4.78, 5) is 38.4. The first-order chi connectivity index (χ1) is 9.08. The average molecular weight is 266 g/mol. The van der Waals surface area contributed by atoms with Crippen molar-refractivity contribution < 1.29 is 19.5 Å². The van der Waals surface area contributed by atoms with Gasteiger partial charge in [0.2, 0.25) is 11.8 Å². The third-order valence-electron chi connectivity index (χ3n) is 4.29. The monoisotopic (exact) mass is 266 g/mol. The second-order valence-corrected chi connectivity index (χ2v) is 5.74. The highest BCUT2D eigenvalue weighted by Gasteiger charge is 2.45. The number of likely N-dealkylation sites (tertiary alicyclic amines) is 2. The average Bonchev–Trinajstić information content (AvgIpc) is 3.02. The summed E-state index contributed by atoms with van der Waals surface area (Å²) in [6.07, 6.45) is 3.47. The Morgan fingerprint density at radius 2 is 1.63 bits per heavy atom. The zero-order valence-electron chi connectivity index (χ0n) is 10.7. The lowest BCUT2D eigenvalue weighted by Gasteiger charge is -2.39. The van der Waals surface area contributed by atoms with Crippen molar-refractivity contribution in [2.24, 2.45) is 11.8 Å². The topological polar surface area (TPSA) is 77.9 Å². The van der Waals surface area contributed by atoms with Crippen molar-refractivity contribution in [2.45, 2.75) is 31.7 Å². The van der Waals surface area contributed by atoms with Crippen LogP contribution in [0, 0.1) is 11.8 Å². The molecule has 0 radical (unpaired) electrons. The summed E-state index contributed by atoms with van der Waals surface area (Å²) >= 11 is 0. The zero-order chi connectivity index (χ0) is 13.6. The van der Waals surface area contributed by atoms with E-state index in [1.807, 2.05) is 0 Å². The van der Waals surface area contributed by atoms with Crippen molar-refractivity contribution >= 4 is 17.8 Å². The fourth-order valence-corrected chi connectivity index (χ4v) is 2.88. The molecule has 0 spiro atoms. The number of amides is 2. The van der Waals surface area contributed by atoms with Crippen molar-refractivity contribution in [3.63, 3.8) is 0 Å². The number of carboxylic acid groups (broad SMARTS) is 1. The van der Waals surface area contributed by atoms with Crippen LogP contribution in [0.15, 0.2) is 0 Å². The molecule has 0 aromatic heterocycles. The van der Waals surface area contributed by atoms with Gasteiger partial charge in [0.25, 0.3) is 0 Å². The molecule has 19 heavy (non-hydrogen) atoms. The van der Waals surface area contributed by atoms with Crippen LogP contribution in [0.5, 0.6) is 0 Å². The smallest absolute Gasteiger partial charge is 0.310 e. The second-order valence-electron chi connectivity index (χ2n) is 5.74. The lowest BCUT2D eigenvalue weighted by atomic mass is 9.99. The molecule has 1 unspecified atom stereocenters. The predicted octanol–water partition coefficient (Wildman–Crippen LogP) is -0.0696. The molecule has 1 aliphatic carbocycles. The van der Waals surface area contributed by atoms with E-state index in [-0.39, 0.29) is 36.9 Å². The molecule has 1 saturated carbocycles. The quantitative estimate of drug-likeness (QED) is 0.775. The largest absolute Gasteiger partial charge is 0.481 e. The molecule has 0 aromatic carbocycles. The molecular weight excluding hydrogens is 248 g/mol. The van der Waals surface area contributed by atoms with E-state index in [1.54, 1.807) is 9.80 Å². The Labute approximate surface area is 111 Å². The molecule has 3 rings (SSSR count). The van der Waals surface area contributed by atoms with Crippen LogP contribution in [0.25, 0.3) is 0 Å². The van der Waals surface area contributed by atoms with Gasteiger partial charge in [0.15, 0.2) is 0 Å². The Balaban J connectivity index is 1.60. The molecule has 6 heteroatoms. The van der Waals surface area contributed by atoms with Gasteiger partial charge in [0.05, 0.1) is 5.92 Å². The van der Waals surface area contributed by atoms with Gasteiger partial charge < -0.3 is 14.9 Å². The molecule has 2 saturated heterocycles. The van der Waals surface area contributed by atoms with Crippen molar-refractivity contribution in [3.8, 4) is 0 Å². The maximum atomic E-state index is 12.3. The van der Waals surface area contributed by atoms with Gasteiger partial charge in [-0.2, -0.15) is 0 Å².